The van der Waals surface area contributed by atoms with Gasteiger partial charge >= 0.3 is 0 Å². The van der Waals surface area contributed by atoms with Crippen molar-refractivity contribution in [3.05, 3.63) is 70.8 Å². The molecule has 26 heavy (non-hydrogen) atoms. The van der Waals surface area contributed by atoms with E-state index in [1.165, 1.54) is 16.8 Å². The molecular weight excluding hydrogens is 335 g/mol. The molecule has 0 atom stereocenters. The second-order valence-corrected chi connectivity index (χ2v) is 5.86. The summed E-state index contributed by atoms with van der Waals surface area (Å²) in [6, 6.07) is 11.8. The summed E-state index contributed by atoms with van der Waals surface area (Å²) in [5.41, 5.74) is 2.98. The van der Waals surface area contributed by atoms with Crippen molar-refractivity contribution in [1.82, 2.24) is 20.3 Å². The van der Waals surface area contributed by atoms with E-state index < -0.39 is 0 Å². The maximum absolute atomic E-state index is 13.6. The minimum atomic E-state index is -0.373. The van der Waals surface area contributed by atoms with Crippen LogP contribution in [0.15, 0.2) is 42.5 Å². The van der Waals surface area contributed by atoms with Gasteiger partial charge in [-0.1, -0.05) is 29.5 Å². The molecule has 0 saturated heterocycles. The number of amides is 1. The number of halogens is 1. The molecule has 0 bridgehead atoms. The number of carbonyl (C=O) groups is 1. The third-order valence-electron chi connectivity index (χ3n) is 4.14. The van der Waals surface area contributed by atoms with Crippen molar-refractivity contribution in [3.63, 3.8) is 0 Å². The number of carbonyl (C=O) groups excluding carboxylic acids is 1. The van der Waals surface area contributed by atoms with Crippen LogP contribution in [0.25, 0.3) is 5.69 Å². The maximum Gasteiger partial charge on any atom is 0.274 e. The van der Waals surface area contributed by atoms with Crippen molar-refractivity contribution in [2.24, 2.45) is 0 Å². The molecular formula is C19H19FN4O2. The van der Waals surface area contributed by atoms with Gasteiger partial charge in [0, 0.05) is 12.1 Å². The summed E-state index contributed by atoms with van der Waals surface area (Å²) in [5.74, 6) is -0.0278. The second kappa shape index (κ2) is 7.35. The van der Waals surface area contributed by atoms with E-state index in [1.54, 1.807) is 20.1 Å². The lowest BCUT2D eigenvalue weighted by Gasteiger charge is -2.09. The molecule has 0 aliphatic rings. The van der Waals surface area contributed by atoms with Crippen LogP contribution < -0.4 is 10.1 Å². The minimum absolute atomic E-state index is 0.198. The number of rotatable bonds is 5. The number of aromatic nitrogens is 3. The molecule has 0 fully saturated rings. The van der Waals surface area contributed by atoms with Gasteiger partial charge in [-0.2, -0.15) is 0 Å². The van der Waals surface area contributed by atoms with Crippen LogP contribution in [0.4, 0.5) is 4.39 Å². The van der Waals surface area contributed by atoms with Gasteiger partial charge < -0.3 is 10.1 Å². The first-order valence-electron chi connectivity index (χ1n) is 8.10. The van der Waals surface area contributed by atoms with Crippen molar-refractivity contribution in [1.29, 1.82) is 0 Å². The molecule has 134 valence electrons. The van der Waals surface area contributed by atoms with Crippen LogP contribution in [0.1, 0.15) is 27.3 Å². The first-order valence-corrected chi connectivity index (χ1v) is 8.10. The van der Waals surface area contributed by atoms with Crippen molar-refractivity contribution in [2.45, 2.75) is 20.4 Å². The van der Waals surface area contributed by atoms with E-state index in [1.807, 2.05) is 31.2 Å². The lowest BCUT2D eigenvalue weighted by molar-refractivity contribution is 0.0945. The zero-order chi connectivity index (χ0) is 18.7. The minimum Gasteiger partial charge on any atom is -0.496 e. The summed E-state index contributed by atoms with van der Waals surface area (Å²) in [5, 5.41) is 10.8. The van der Waals surface area contributed by atoms with Crippen LogP contribution in [-0.2, 0) is 6.54 Å². The van der Waals surface area contributed by atoms with Gasteiger partial charge in [0.1, 0.15) is 11.6 Å². The van der Waals surface area contributed by atoms with E-state index in [-0.39, 0.29) is 17.4 Å². The SMILES string of the molecule is COc1ccccc1CNC(=O)c1nnn(-c2cc(F)ccc2C)c1C. The highest BCUT2D eigenvalue weighted by Crippen LogP contribution is 2.19. The first-order chi connectivity index (χ1) is 12.5. The molecule has 0 saturated carbocycles. The predicted octanol–water partition coefficient (Wildman–Crippen LogP) is 2.96. The van der Waals surface area contributed by atoms with Crippen LogP contribution in [0.2, 0.25) is 0 Å². The van der Waals surface area contributed by atoms with Gasteiger partial charge in [0.2, 0.25) is 0 Å². The average molecular weight is 354 g/mol. The van der Waals surface area contributed by atoms with E-state index in [0.29, 0.717) is 23.7 Å². The number of aryl methyl sites for hydroxylation is 1. The van der Waals surface area contributed by atoms with Gasteiger partial charge in [0.15, 0.2) is 5.69 Å². The molecule has 3 rings (SSSR count). The van der Waals surface area contributed by atoms with Gasteiger partial charge in [-0.05, 0) is 37.6 Å². The monoisotopic (exact) mass is 354 g/mol. The zero-order valence-electron chi connectivity index (χ0n) is 14.8. The Morgan fingerprint density at radius 2 is 2.00 bits per heavy atom. The summed E-state index contributed by atoms with van der Waals surface area (Å²) in [6.07, 6.45) is 0. The zero-order valence-corrected chi connectivity index (χ0v) is 14.8. The molecule has 0 radical (unpaired) electrons. The standard InChI is InChI=1S/C19H19FN4O2/c1-12-8-9-15(20)10-16(12)24-13(2)18(22-23-24)19(25)21-11-14-6-4-5-7-17(14)26-3/h4-10H,11H2,1-3H3,(H,21,25). The highest BCUT2D eigenvalue weighted by Gasteiger charge is 2.18. The summed E-state index contributed by atoms with van der Waals surface area (Å²) in [4.78, 5) is 12.5. The third kappa shape index (κ3) is 3.42. The van der Waals surface area contributed by atoms with Crippen molar-refractivity contribution < 1.29 is 13.9 Å². The summed E-state index contributed by atoms with van der Waals surface area (Å²) < 4.78 is 20.3. The fourth-order valence-electron chi connectivity index (χ4n) is 2.69. The van der Waals surface area contributed by atoms with Crippen LogP contribution in [0.3, 0.4) is 0 Å². The quantitative estimate of drug-likeness (QED) is 0.765. The third-order valence-corrected chi connectivity index (χ3v) is 4.14. The molecule has 2 aromatic carbocycles. The van der Waals surface area contributed by atoms with Crippen molar-refractivity contribution in [2.75, 3.05) is 7.11 Å². The smallest absolute Gasteiger partial charge is 0.274 e. The Hall–Kier alpha value is -3.22. The Bertz CT molecular complexity index is 952. The molecule has 1 amide bonds. The van der Waals surface area contributed by atoms with E-state index in [4.69, 9.17) is 4.74 Å². The second-order valence-electron chi connectivity index (χ2n) is 5.86. The number of ether oxygens (including phenoxy) is 1. The van der Waals surface area contributed by atoms with Gasteiger partial charge in [-0.15, -0.1) is 5.10 Å². The number of hydrogen-bond acceptors (Lipinski definition) is 4. The van der Waals surface area contributed by atoms with Crippen LogP contribution >= 0.6 is 0 Å². The molecule has 0 unspecified atom stereocenters. The van der Waals surface area contributed by atoms with Gasteiger partial charge in [-0.25, -0.2) is 9.07 Å². The largest absolute Gasteiger partial charge is 0.496 e. The number of nitrogens with zero attached hydrogens (tertiary/aromatic N) is 3. The van der Waals surface area contributed by atoms with Gasteiger partial charge in [0.25, 0.3) is 5.91 Å². The lowest BCUT2D eigenvalue weighted by Crippen LogP contribution is -2.24. The van der Waals surface area contributed by atoms with Crippen LogP contribution in [0.5, 0.6) is 5.75 Å². The van der Waals surface area contributed by atoms with E-state index in [9.17, 15) is 9.18 Å². The number of para-hydroxylation sites is 1. The summed E-state index contributed by atoms with van der Waals surface area (Å²) in [7, 11) is 1.58. The molecule has 1 heterocycles. The fraction of sp³-hybridized carbons (Fsp3) is 0.211. The number of hydrogen-bond donors (Lipinski definition) is 1. The van der Waals surface area contributed by atoms with Crippen LogP contribution in [-0.4, -0.2) is 28.0 Å². The van der Waals surface area contributed by atoms with Crippen LogP contribution in [0, 0.1) is 19.7 Å². The Morgan fingerprint density at radius 1 is 1.23 bits per heavy atom. The molecule has 0 spiro atoms. The van der Waals surface area contributed by atoms with E-state index in [0.717, 1.165) is 11.1 Å². The maximum atomic E-state index is 13.6. The Morgan fingerprint density at radius 3 is 2.77 bits per heavy atom. The van der Waals surface area contributed by atoms with E-state index in [2.05, 4.69) is 15.6 Å². The highest BCUT2D eigenvalue weighted by molar-refractivity contribution is 5.93. The van der Waals surface area contributed by atoms with Crippen molar-refractivity contribution in [3.8, 4) is 11.4 Å². The lowest BCUT2D eigenvalue weighted by atomic mass is 10.2. The summed E-state index contributed by atoms with van der Waals surface area (Å²) in [6.45, 7) is 3.87. The Kier molecular flexibility index (Phi) is 4.97. The first kappa shape index (κ1) is 17.6. The molecule has 0 aliphatic carbocycles. The highest BCUT2D eigenvalue weighted by atomic mass is 19.1. The Labute approximate surface area is 150 Å². The van der Waals surface area contributed by atoms with Gasteiger partial charge in [-0.3, -0.25) is 4.79 Å². The molecule has 1 aromatic heterocycles. The molecule has 0 aliphatic heterocycles. The fourth-order valence-corrected chi connectivity index (χ4v) is 2.69. The normalized spacial score (nSPS) is 10.6. The topological polar surface area (TPSA) is 69.0 Å². The molecule has 1 N–H and O–H groups in total. The molecule has 3 aromatic rings. The number of methoxy groups -OCH3 is 1. The van der Waals surface area contributed by atoms with Gasteiger partial charge in [0.05, 0.1) is 18.5 Å². The van der Waals surface area contributed by atoms with Crippen molar-refractivity contribution >= 4 is 5.91 Å². The number of benzene rings is 2. The van der Waals surface area contributed by atoms with E-state index >= 15 is 0 Å². The Balaban J connectivity index is 1.81. The predicted molar refractivity (Wildman–Crippen MR) is 95.0 cm³/mol. The summed E-state index contributed by atoms with van der Waals surface area (Å²) >= 11 is 0. The molecule has 7 heteroatoms. The average Bonchev–Trinajstić information content (AvgIpc) is 3.03. The number of nitrogens with one attached hydrogen (secondary N) is 1. The molecule has 6 nitrogen and oxygen atoms in total.